The van der Waals surface area contributed by atoms with E-state index in [2.05, 4.69) is 10.2 Å². The highest BCUT2D eigenvalue weighted by molar-refractivity contribution is 6.06. The van der Waals surface area contributed by atoms with Crippen molar-refractivity contribution in [3.8, 4) is 11.5 Å². The molecule has 1 unspecified atom stereocenters. The lowest BCUT2D eigenvalue weighted by molar-refractivity contribution is -0.132. The van der Waals surface area contributed by atoms with E-state index in [9.17, 15) is 19.5 Å². The van der Waals surface area contributed by atoms with Crippen molar-refractivity contribution >= 4 is 17.8 Å². The molecule has 210 valence electrons. The fraction of sp³-hybridized carbons (Fsp3) is 0.483. The van der Waals surface area contributed by atoms with Crippen molar-refractivity contribution in [3.05, 3.63) is 60.2 Å². The molecule has 4 rings (SSSR count). The molecule has 0 spiro atoms. The predicted octanol–water partition coefficient (Wildman–Crippen LogP) is 2.26. The van der Waals surface area contributed by atoms with E-state index < -0.39 is 11.1 Å². The van der Waals surface area contributed by atoms with E-state index in [0.717, 1.165) is 5.56 Å². The number of imide groups is 1. The number of ether oxygens (including phenoxy) is 2. The smallest absolute Gasteiger partial charge is 0.325 e. The Labute approximate surface area is 229 Å². The molecule has 10 nitrogen and oxygen atoms in total. The molecule has 0 aliphatic carbocycles. The molecular formula is C29H38N4O6. The van der Waals surface area contributed by atoms with Gasteiger partial charge in [0.05, 0.1) is 13.2 Å². The minimum Gasteiger partial charge on any atom is -0.494 e. The number of hydrogen-bond donors (Lipinski definition) is 2. The van der Waals surface area contributed by atoms with Crippen LogP contribution >= 0.6 is 0 Å². The van der Waals surface area contributed by atoms with Crippen LogP contribution in [0.5, 0.6) is 11.5 Å². The van der Waals surface area contributed by atoms with Crippen LogP contribution in [-0.4, -0.2) is 94.7 Å². The van der Waals surface area contributed by atoms with Crippen LogP contribution in [0.25, 0.3) is 0 Å². The summed E-state index contributed by atoms with van der Waals surface area (Å²) in [4.78, 5) is 41.5. The Morgan fingerprint density at radius 3 is 2.31 bits per heavy atom. The molecule has 2 fully saturated rings. The van der Waals surface area contributed by atoms with Gasteiger partial charge in [0.15, 0.2) is 0 Å². The number of urea groups is 1. The molecule has 1 atom stereocenters. The molecule has 2 aromatic carbocycles. The Morgan fingerprint density at radius 1 is 0.974 bits per heavy atom. The summed E-state index contributed by atoms with van der Waals surface area (Å²) in [5.41, 5.74) is -1.04. The summed E-state index contributed by atoms with van der Waals surface area (Å²) in [5.74, 6) is 1.07. The zero-order valence-corrected chi connectivity index (χ0v) is 22.9. The second-order valence-electron chi connectivity index (χ2n) is 10.8. The van der Waals surface area contributed by atoms with Crippen LogP contribution in [0, 0.1) is 0 Å². The molecule has 39 heavy (non-hydrogen) atoms. The van der Waals surface area contributed by atoms with Crippen LogP contribution in [0.3, 0.4) is 0 Å². The van der Waals surface area contributed by atoms with Gasteiger partial charge in [0.2, 0.25) is 5.91 Å². The van der Waals surface area contributed by atoms with Gasteiger partial charge in [-0.15, -0.1) is 0 Å². The van der Waals surface area contributed by atoms with Gasteiger partial charge < -0.3 is 24.8 Å². The number of carbonyl (C=O) groups excluding carboxylic acids is 3. The number of benzene rings is 2. The first kappa shape index (κ1) is 28.4. The third-order valence-electron chi connectivity index (χ3n) is 6.95. The first-order valence-electron chi connectivity index (χ1n) is 13.3. The van der Waals surface area contributed by atoms with Gasteiger partial charge in [-0.2, -0.15) is 0 Å². The van der Waals surface area contributed by atoms with Crippen LogP contribution in [0.1, 0.15) is 32.8 Å². The highest BCUT2D eigenvalue weighted by Crippen LogP contribution is 2.21. The molecule has 2 aliphatic rings. The quantitative estimate of drug-likeness (QED) is 0.353. The zero-order chi connectivity index (χ0) is 28.0. The summed E-state index contributed by atoms with van der Waals surface area (Å²) in [6.45, 7) is 7.98. The topological polar surface area (TPSA) is 112 Å². The van der Waals surface area contributed by atoms with Crippen molar-refractivity contribution in [2.45, 2.75) is 44.9 Å². The summed E-state index contributed by atoms with van der Waals surface area (Å²) >= 11 is 0. The maximum Gasteiger partial charge on any atom is 0.325 e. The molecule has 2 aromatic rings. The standard InChI is InChI=1S/C29H38N4O6/c1-22(34)32-16-15-31(19-29(37,20-32)21-39-24-8-5-4-6-9-24)18-23-10-12-25(13-11-23)38-17-7-14-33-26(35)28(2,3)30-27(33)36/h4-6,8-13,37H,7,14-21H2,1-3H3,(H,30,36). The van der Waals surface area contributed by atoms with Crippen molar-refractivity contribution < 1.29 is 29.0 Å². The van der Waals surface area contributed by atoms with E-state index in [-0.39, 0.29) is 31.0 Å². The van der Waals surface area contributed by atoms with E-state index >= 15 is 0 Å². The van der Waals surface area contributed by atoms with Gasteiger partial charge in [-0.25, -0.2) is 4.79 Å². The Balaban J connectivity index is 1.29. The van der Waals surface area contributed by atoms with E-state index in [0.29, 0.717) is 57.3 Å². The highest BCUT2D eigenvalue weighted by Gasteiger charge is 2.43. The molecular weight excluding hydrogens is 500 g/mol. The van der Waals surface area contributed by atoms with Gasteiger partial charge in [-0.3, -0.25) is 19.4 Å². The summed E-state index contributed by atoms with van der Waals surface area (Å²) in [6, 6.07) is 16.7. The van der Waals surface area contributed by atoms with Crippen LogP contribution in [0.4, 0.5) is 4.79 Å². The molecule has 0 saturated carbocycles. The first-order valence-corrected chi connectivity index (χ1v) is 13.3. The van der Waals surface area contributed by atoms with Crippen molar-refractivity contribution in [1.29, 1.82) is 0 Å². The average molecular weight is 539 g/mol. The molecule has 0 aromatic heterocycles. The predicted molar refractivity (Wildman–Crippen MR) is 145 cm³/mol. The first-order chi connectivity index (χ1) is 18.5. The minimum absolute atomic E-state index is 0.0741. The van der Waals surface area contributed by atoms with E-state index in [1.54, 1.807) is 18.7 Å². The number of nitrogens with zero attached hydrogens (tertiary/aromatic N) is 3. The van der Waals surface area contributed by atoms with Gasteiger partial charge in [0, 0.05) is 39.6 Å². The van der Waals surface area contributed by atoms with Gasteiger partial charge >= 0.3 is 6.03 Å². The van der Waals surface area contributed by atoms with Crippen molar-refractivity contribution in [1.82, 2.24) is 20.0 Å². The summed E-state index contributed by atoms with van der Waals surface area (Å²) < 4.78 is 11.7. The van der Waals surface area contributed by atoms with E-state index in [1.807, 2.05) is 54.6 Å². The van der Waals surface area contributed by atoms with Gasteiger partial charge in [0.25, 0.3) is 5.91 Å². The largest absolute Gasteiger partial charge is 0.494 e. The molecule has 2 aliphatic heterocycles. The average Bonchev–Trinajstić information content (AvgIpc) is 3.01. The summed E-state index contributed by atoms with van der Waals surface area (Å²) in [5, 5.41) is 14.1. The minimum atomic E-state index is -1.22. The lowest BCUT2D eigenvalue weighted by atomic mass is 10.0. The third kappa shape index (κ3) is 7.48. The van der Waals surface area contributed by atoms with E-state index in [4.69, 9.17) is 9.47 Å². The third-order valence-corrected chi connectivity index (χ3v) is 6.95. The van der Waals surface area contributed by atoms with Crippen molar-refractivity contribution in [2.24, 2.45) is 0 Å². The number of rotatable bonds is 10. The number of para-hydroxylation sites is 1. The molecule has 0 radical (unpaired) electrons. The Kier molecular flexibility index (Phi) is 8.76. The van der Waals surface area contributed by atoms with Gasteiger partial charge in [-0.1, -0.05) is 30.3 Å². The molecule has 2 N–H and O–H groups in total. The van der Waals surface area contributed by atoms with Crippen molar-refractivity contribution in [3.63, 3.8) is 0 Å². The molecule has 2 saturated heterocycles. The highest BCUT2D eigenvalue weighted by atomic mass is 16.5. The lowest BCUT2D eigenvalue weighted by Gasteiger charge is -2.32. The Morgan fingerprint density at radius 2 is 1.67 bits per heavy atom. The molecule has 4 amide bonds. The molecule has 10 heteroatoms. The van der Waals surface area contributed by atoms with E-state index in [1.165, 1.54) is 11.8 Å². The fourth-order valence-corrected chi connectivity index (χ4v) is 4.85. The maximum absolute atomic E-state index is 12.3. The van der Waals surface area contributed by atoms with Gasteiger partial charge in [-0.05, 0) is 50.1 Å². The number of amides is 4. The fourth-order valence-electron chi connectivity index (χ4n) is 4.85. The number of nitrogens with one attached hydrogen (secondary N) is 1. The maximum atomic E-state index is 12.3. The summed E-state index contributed by atoms with van der Waals surface area (Å²) in [6.07, 6.45) is 0.529. The Bertz CT molecular complexity index is 1160. The van der Waals surface area contributed by atoms with Crippen LogP contribution in [-0.2, 0) is 16.1 Å². The lowest BCUT2D eigenvalue weighted by Crippen LogP contribution is -2.51. The summed E-state index contributed by atoms with van der Waals surface area (Å²) in [7, 11) is 0. The second-order valence-corrected chi connectivity index (χ2v) is 10.8. The Hall–Kier alpha value is -3.63. The SMILES string of the molecule is CC(=O)N1CCN(Cc2ccc(OCCCN3C(=O)NC(C)(C)C3=O)cc2)CC(O)(COc2ccccc2)C1. The second kappa shape index (κ2) is 12.0. The normalized spacial score (nSPS) is 21.4. The van der Waals surface area contributed by atoms with Crippen molar-refractivity contribution in [2.75, 3.05) is 45.9 Å². The number of aliphatic hydroxyl groups is 1. The van der Waals surface area contributed by atoms with Crippen LogP contribution in [0.15, 0.2) is 54.6 Å². The van der Waals surface area contributed by atoms with Crippen LogP contribution in [0.2, 0.25) is 0 Å². The molecule has 0 bridgehead atoms. The van der Waals surface area contributed by atoms with Gasteiger partial charge in [0.1, 0.15) is 29.2 Å². The van der Waals surface area contributed by atoms with Crippen LogP contribution < -0.4 is 14.8 Å². The monoisotopic (exact) mass is 538 g/mol. The zero-order valence-electron chi connectivity index (χ0n) is 22.9. The number of carbonyl (C=O) groups is 3. The molecule has 2 heterocycles. The number of β-amino-alcohol motifs (C(OH)–C–C–N with tert-alkyl or cyclic N) is 1. The number of hydrogen-bond acceptors (Lipinski definition) is 7.